The van der Waals surface area contributed by atoms with Gasteiger partial charge in [0.05, 0.1) is 11.4 Å². The smallest absolute Gasteiger partial charge is 0.241 e. The minimum absolute atomic E-state index is 0.0889. The van der Waals surface area contributed by atoms with Gasteiger partial charge in [-0.15, -0.1) is 10.2 Å². The maximum atomic E-state index is 12.3. The highest BCUT2D eigenvalue weighted by Crippen LogP contribution is 2.18. The van der Waals surface area contributed by atoms with Gasteiger partial charge in [0.15, 0.2) is 0 Å². The van der Waals surface area contributed by atoms with E-state index in [0.29, 0.717) is 18.1 Å². The first kappa shape index (κ1) is 15.5. The van der Waals surface area contributed by atoms with Crippen LogP contribution in [0.4, 0.5) is 5.69 Å². The quantitative estimate of drug-likeness (QED) is 0.772. The molecule has 0 aliphatic rings. The Morgan fingerprint density at radius 1 is 1.33 bits per heavy atom. The first-order chi connectivity index (χ1) is 9.97. The molecule has 0 bridgehead atoms. The predicted molar refractivity (Wildman–Crippen MR) is 80.0 cm³/mol. The molecule has 2 aromatic rings. The van der Waals surface area contributed by atoms with E-state index in [9.17, 15) is 8.42 Å². The molecule has 1 heterocycles. The largest absolute Gasteiger partial charge is 0.398 e. The monoisotopic (exact) mass is 309 g/mol. The maximum Gasteiger partial charge on any atom is 0.241 e. The highest BCUT2D eigenvalue weighted by atomic mass is 32.2. The summed E-state index contributed by atoms with van der Waals surface area (Å²) in [4.78, 5) is 0.153. The Kier molecular flexibility index (Phi) is 4.59. The molecule has 2 rings (SSSR count). The standard InChI is InChI=1S/C13H19N5O2S/c1-3-10-5-6-11(7-12(10)14)21(19,20)16-8-13-17-15-9-18(13)4-2/h5-7,9,16H,3-4,8,14H2,1-2H3. The number of nitrogens with one attached hydrogen (secondary N) is 1. The average Bonchev–Trinajstić information content (AvgIpc) is 2.92. The maximum absolute atomic E-state index is 12.3. The Morgan fingerprint density at radius 3 is 2.71 bits per heavy atom. The Hall–Kier alpha value is -1.93. The highest BCUT2D eigenvalue weighted by Gasteiger charge is 2.16. The summed E-state index contributed by atoms with van der Waals surface area (Å²) in [5.74, 6) is 0.569. The normalized spacial score (nSPS) is 11.7. The third-order valence-corrected chi connectivity index (χ3v) is 4.66. The van der Waals surface area contributed by atoms with E-state index in [0.717, 1.165) is 12.0 Å². The van der Waals surface area contributed by atoms with E-state index in [1.54, 1.807) is 23.0 Å². The number of nitrogens with zero attached hydrogens (tertiary/aromatic N) is 3. The van der Waals surface area contributed by atoms with Crippen LogP contribution in [-0.4, -0.2) is 23.2 Å². The number of hydrogen-bond acceptors (Lipinski definition) is 5. The summed E-state index contributed by atoms with van der Waals surface area (Å²) in [7, 11) is -3.62. The van der Waals surface area contributed by atoms with Crippen LogP contribution in [0.25, 0.3) is 0 Å². The van der Waals surface area contributed by atoms with Crippen molar-refractivity contribution in [2.45, 2.75) is 38.3 Å². The topological polar surface area (TPSA) is 103 Å². The van der Waals surface area contributed by atoms with Crippen LogP contribution in [0.1, 0.15) is 25.2 Å². The SMILES string of the molecule is CCc1ccc(S(=O)(=O)NCc2nncn2CC)cc1N. The van der Waals surface area contributed by atoms with Crippen molar-refractivity contribution < 1.29 is 8.42 Å². The number of aromatic nitrogens is 3. The predicted octanol–water partition coefficient (Wildman–Crippen LogP) is 0.921. The molecule has 114 valence electrons. The van der Waals surface area contributed by atoms with Crippen molar-refractivity contribution in [3.05, 3.63) is 35.9 Å². The van der Waals surface area contributed by atoms with Crippen LogP contribution >= 0.6 is 0 Å². The number of anilines is 1. The number of hydrogen-bond donors (Lipinski definition) is 2. The fourth-order valence-corrected chi connectivity index (χ4v) is 3.00. The molecule has 0 spiro atoms. The molecular formula is C13H19N5O2S. The van der Waals surface area contributed by atoms with Gasteiger partial charge >= 0.3 is 0 Å². The number of sulfonamides is 1. The van der Waals surface area contributed by atoms with Gasteiger partial charge in [-0.05, 0) is 31.0 Å². The van der Waals surface area contributed by atoms with E-state index in [4.69, 9.17) is 5.73 Å². The first-order valence-electron chi connectivity index (χ1n) is 6.72. The van der Waals surface area contributed by atoms with Crippen molar-refractivity contribution >= 4 is 15.7 Å². The van der Waals surface area contributed by atoms with E-state index in [-0.39, 0.29) is 11.4 Å². The van der Waals surface area contributed by atoms with Gasteiger partial charge in [0.1, 0.15) is 12.2 Å². The lowest BCUT2D eigenvalue weighted by molar-refractivity contribution is 0.575. The Balaban J connectivity index is 2.17. The van der Waals surface area contributed by atoms with Gasteiger partial charge in [0, 0.05) is 12.2 Å². The molecule has 3 N–H and O–H groups in total. The van der Waals surface area contributed by atoms with Gasteiger partial charge in [-0.25, -0.2) is 13.1 Å². The lowest BCUT2D eigenvalue weighted by atomic mass is 10.1. The Bertz CT molecular complexity index is 724. The van der Waals surface area contributed by atoms with Gasteiger partial charge in [0.25, 0.3) is 0 Å². The molecule has 0 fully saturated rings. The summed E-state index contributed by atoms with van der Waals surface area (Å²) >= 11 is 0. The van der Waals surface area contributed by atoms with Crippen LogP contribution in [0.5, 0.6) is 0 Å². The fourth-order valence-electron chi connectivity index (χ4n) is 1.98. The van der Waals surface area contributed by atoms with Crippen LogP contribution in [0.2, 0.25) is 0 Å². The number of benzene rings is 1. The van der Waals surface area contributed by atoms with E-state index < -0.39 is 10.0 Å². The fraction of sp³-hybridized carbons (Fsp3) is 0.385. The molecule has 21 heavy (non-hydrogen) atoms. The van der Waals surface area contributed by atoms with E-state index >= 15 is 0 Å². The van der Waals surface area contributed by atoms with E-state index in [1.165, 1.54) is 6.07 Å². The van der Waals surface area contributed by atoms with Crippen LogP contribution in [0.3, 0.4) is 0 Å². The first-order valence-corrected chi connectivity index (χ1v) is 8.21. The van der Waals surface area contributed by atoms with Crippen LogP contribution in [0.15, 0.2) is 29.4 Å². The number of nitrogens with two attached hydrogens (primary N) is 1. The minimum atomic E-state index is -3.62. The third kappa shape index (κ3) is 3.40. The van der Waals surface area contributed by atoms with Crippen LogP contribution in [-0.2, 0) is 29.5 Å². The Morgan fingerprint density at radius 2 is 2.10 bits per heavy atom. The van der Waals surface area contributed by atoms with Crippen molar-refractivity contribution in [1.82, 2.24) is 19.5 Å². The second-order valence-electron chi connectivity index (χ2n) is 4.57. The summed E-state index contributed by atoms with van der Waals surface area (Å²) in [5.41, 5.74) is 7.26. The van der Waals surface area contributed by atoms with E-state index in [2.05, 4.69) is 14.9 Å². The molecule has 0 radical (unpaired) electrons. The average molecular weight is 309 g/mol. The summed E-state index contributed by atoms with van der Waals surface area (Å²) in [6.45, 7) is 4.68. The molecule has 0 saturated carbocycles. The molecule has 1 aromatic heterocycles. The summed E-state index contributed by atoms with van der Waals surface area (Å²) in [6.07, 6.45) is 2.33. The molecule has 0 aliphatic heterocycles. The van der Waals surface area contributed by atoms with Gasteiger partial charge < -0.3 is 10.3 Å². The second-order valence-corrected chi connectivity index (χ2v) is 6.34. The zero-order valence-corrected chi connectivity index (χ0v) is 12.9. The molecule has 0 aliphatic carbocycles. The number of nitrogen functional groups attached to an aromatic ring is 1. The highest BCUT2D eigenvalue weighted by molar-refractivity contribution is 7.89. The van der Waals surface area contributed by atoms with Gasteiger partial charge in [-0.1, -0.05) is 13.0 Å². The zero-order valence-electron chi connectivity index (χ0n) is 12.1. The molecule has 0 saturated heterocycles. The number of aryl methyl sites for hydroxylation is 2. The van der Waals surface area contributed by atoms with Gasteiger partial charge in [-0.3, -0.25) is 0 Å². The van der Waals surface area contributed by atoms with Gasteiger partial charge in [-0.2, -0.15) is 0 Å². The van der Waals surface area contributed by atoms with Crippen LogP contribution in [0, 0.1) is 0 Å². The molecule has 8 heteroatoms. The summed E-state index contributed by atoms with van der Waals surface area (Å²) in [6, 6.07) is 4.77. The van der Waals surface area contributed by atoms with Crippen molar-refractivity contribution in [2.24, 2.45) is 0 Å². The van der Waals surface area contributed by atoms with E-state index in [1.807, 2.05) is 13.8 Å². The lowest BCUT2D eigenvalue weighted by Gasteiger charge is -2.09. The van der Waals surface area contributed by atoms with Crippen molar-refractivity contribution in [3.8, 4) is 0 Å². The molecule has 0 amide bonds. The minimum Gasteiger partial charge on any atom is -0.398 e. The molecular weight excluding hydrogens is 290 g/mol. The summed E-state index contributed by atoms with van der Waals surface area (Å²) in [5, 5.41) is 7.65. The molecule has 7 nitrogen and oxygen atoms in total. The molecule has 0 unspecified atom stereocenters. The molecule has 1 aromatic carbocycles. The van der Waals surface area contributed by atoms with Crippen molar-refractivity contribution in [2.75, 3.05) is 5.73 Å². The third-order valence-electron chi connectivity index (χ3n) is 3.27. The van der Waals surface area contributed by atoms with Gasteiger partial charge in [0.2, 0.25) is 10.0 Å². The van der Waals surface area contributed by atoms with Crippen LogP contribution < -0.4 is 10.5 Å². The zero-order chi connectivity index (χ0) is 15.5. The van der Waals surface area contributed by atoms with Crippen molar-refractivity contribution in [3.63, 3.8) is 0 Å². The van der Waals surface area contributed by atoms with Crippen molar-refractivity contribution in [1.29, 1.82) is 0 Å². The Labute approximate surface area is 124 Å². The summed E-state index contributed by atoms with van der Waals surface area (Å²) < 4.78 is 28.8. The lowest BCUT2D eigenvalue weighted by Crippen LogP contribution is -2.25. The second kappa shape index (κ2) is 6.23. The number of rotatable bonds is 6. The molecule has 0 atom stereocenters.